The number of carbonyl (C=O) groups is 2. The van der Waals surface area contributed by atoms with Crippen LogP contribution in [0.15, 0.2) is 83.5 Å². The second kappa shape index (κ2) is 9.00. The van der Waals surface area contributed by atoms with Crippen molar-refractivity contribution in [2.45, 2.75) is 12.6 Å². The van der Waals surface area contributed by atoms with Gasteiger partial charge in [-0.1, -0.05) is 42.5 Å². The molecule has 6 heteroatoms. The standard InChI is InChI=1S/C28H23NO5/c1-29(2)25(17-30)33-21-12-10-18(11-13-21)26-22-15-20-9-6-14-32-23(20)16-24(22)34-28(26)27(31)19-7-4-3-5-8-19/h3-8,10-17,25H,9H2,1-2H3. The quantitative estimate of drug-likeness (QED) is 0.216. The Kier molecular flexibility index (Phi) is 5.74. The number of hydrogen-bond acceptors (Lipinski definition) is 6. The first-order valence-electron chi connectivity index (χ1n) is 10.9. The van der Waals surface area contributed by atoms with Crippen LogP contribution in [0.25, 0.3) is 22.1 Å². The molecule has 34 heavy (non-hydrogen) atoms. The molecule has 5 rings (SSSR count). The molecule has 0 bridgehead atoms. The normalized spacial score (nSPS) is 13.4. The predicted octanol–water partition coefficient (Wildman–Crippen LogP) is 5.24. The van der Waals surface area contributed by atoms with Crippen molar-refractivity contribution in [3.8, 4) is 22.6 Å². The number of allylic oxidation sites excluding steroid dienone is 1. The molecule has 3 aromatic carbocycles. The highest BCUT2D eigenvalue weighted by molar-refractivity contribution is 6.15. The summed E-state index contributed by atoms with van der Waals surface area (Å²) in [6.45, 7) is 0. The van der Waals surface area contributed by atoms with Crippen molar-refractivity contribution in [1.29, 1.82) is 0 Å². The van der Waals surface area contributed by atoms with Gasteiger partial charge in [0.25, 0.3) is 0 Å². The molecule has 170 valence electrons. The number of aldehydes is 1. The topological polar surface area (TPSA) is 69.0 Å². The molecule has 1 aliphatic heterocycles. The van der Waals surface area contributed by atoms with Crippen LogP contribution in [0, 0.1) is 0 Å². The minimum absolute atomic E-state index is 0.197. The third-order valence-electron chi connectivity index (χ3n) is 5.77. The third kappa shape index (κ3) is 4.00. The van der Waals surface area contributed by atoms with Gasteiger partial charge in [0.15, 0.2) is 12.0 Å². The highest BCUT2D eigenvalue weighted by Gasteiger charge is 2.25. The molecule has 4 aromatic rings. The van der Waals surface area contributed by atoms with Gasteiger partial charge in [0.05, 0.1) is 6.26 Å². The summed E-state index contributed by atoms with van der Waals surface area (Å²) in [6, 6.07) is 20.2. The van der Waals surface area contributed by atoms with E-state index in [4.69, 9.17) is 13.9 Å². The van der Waals surface area contributed by atoms with E-state index < -0.39 is 6.23 Å². The van der Waals surface area contributed by atoms with Gasteiger partial charge in [-0.2, -0.15) is 0 Å². The Labute approximate surface area is 197 Å². The van der Waals surface area contributed by atoms with E-state index in [1.165, 1.54) is 0 Å². The summed E-state index contributed by atoms with van der Waals surface area (Å²) in [6.07, 6.45) is 4.41. The van der Waals surface area contributed by atoms with Crippen LogP contribution in [0.1, 0.15) is 21.7 Å². The summed E-state index contributed by atoms with van der Waals surface area (Å²) >= 11 is 0. The van der Waals surface area contributed by atoms with Crippen LogP contribution >= 0.6 is 0 Å². The van der Waals surface area contributed by atoms with E-state index in [1.54, 1.807) is 49.5 Å². The molecule has 0 amide bonds. The monoisotopic (exact) mass is 453 g/mol. The lowest BCUT2D eigenvalue weighted by atomic mass is 9.96. The van der Waals surface area contributed by atoms with Crippen molar-refractivity contribution >= 4 is 23.0 Å². The van der Waals surface area contributed by atoms with E-state index in [1.807, 2.05) is 48.5 Å². The van der Waals surface area contributed by atoms with Crippen molar-refractivity contribution in [2.75, 3.05) is 14.1 Å². The van der Waals surface area contributed by atoms with Crippen molar-refractivity contribution < 1.29 is 23.5 Å². The van der Waals surface area contributed by atoms with Crippen LogP contribution in [-0.4, -0.2) is 37.3 Å². The maximum absolute atomic E-state index is 13.5. The van der Waals surface area contributed by atoms with Gasteiger partial charge in [0.1, 0.15) is 17.1 Å². The van der Waals surface area contributed by atoms with Crippen molar-refractivity contribution in [3.05, 3.63) is 96.0 Å². The second-order valence-corrected chi connectivity index (χ2v) is 8.28. The first-order chi connectivity index (χ1) is 16.5. The van der Waals surface area contributed by atoms with E-state index >= 15 is 0 Å². The number of nitrogens with zero attached hydrogens (tertiary/aromatic N) is 1. The van der Waals surface area contributed by atoms with Crippen molar-refractivity contribution in [2.24, 2.45) is 0 Å². The SMILES string of the molecule is CN(C)C(C=O)Oc1ccc(-c2c(C(=O)c3ccccc3)oc3cc4c(cc23)CC=CO4)cc1. The van der Waals surface area contributed by atoms with Gasteiger partial charge in [-0.3, -0.25) is 14.5 Å². The van der Waals surface area contributed by atoms with Gasteiger partial charge in [-0.15, -0.1) is 0 Å². The minimum atomic E-state index is -0.685. The number of hydrogen-bond donors (Lipinski definition) is 0. The molecule has 0 fully saturated rings. The van der Waals surface area contributed by atoms with Crippen molar-refractivity contribution in [3.63, 3.8) is 0 Å². The Morgan fingerprint density at radius 2 is 1.82 bits per heavy atom. The van der Waals surface area contributed by atoms with Gasteiger partial charge in [-0.05, 0) is 55.9 Å². The third-order valence-corrected chi connectivity index (χ3v) is 5.77. The Hall–Kier alpha value is -4.16. The summed E-state index contributed by atoms with van der Waals surface area (Å²) in [7, 11) is 3.54. The first-order valence-corrected chi connectivity index (χ1v) is 10.9. The van der Waals surface area contributed by atoms with Gasteiger partial charge in [0.2, 0.25) is 12.0 Å². The largest absolute Gasteiger partial charge is 0.468 e. The summed E-state index contributed by atoms with van der Waals surface area (Å²) in [5, 5.41) is 0.838. The number of ether oxygens (including phenoxy) is 2. The fourth-order valence-electron chi connectivity index (χ4n) is 4.00. The number of benzene rings is 3. The van der Waals surface area contributed by atoms with Crippen molar-refractivity contribution in [1.82, 2.24) is 4.90 Å². The fourth-order valence-corrected chi connectivity index (χ4v) is 4.00. The molecule has 1 aromatic heterocycles. The molecule has 0 aliphatic carbocycles. The highest BCUT2D eigenvalue weighted by atomic mass is 16.5. The lowest BCUT2D eigenvalue weighted by molar-refractivity contribution is -0.119. The van der Waals surface area contributed by atoms with Gasteiger partial charge >= 0.3 is 0 Å². The van der Waals surface area contributed by atoms with Crippen LogP contribution < -0.4 is 9.47 Å². The summed E-state index contributed by atoms with van der Waals surface area (Å²) in [4.78, 5) is 26.4. The van der Waals surface area contributed by atoms with Crippen LogP contribution in [0.4, 0.5) is 0 Å². The number of ketones is 1. The Bertz CT molecular complexity index is 1380. The molecule has 0 N–H and O–H groups in total. The number of likely N-dealkylation sites (N-methyl/N-ethyl adjacent to an activating group) is 1. The minimum Gasteiger partial charge on any atom is -0.468 e. The zero-order valence-electron chi connectivity index (χ0n) is 18.9. The fraction of sp³-hybridized carbons (Fsp3) is 0.143. The Balaban J connectivity index is 1.62. The van der Waals surface area contributed by atoms with E-state index in [2.05, 4.69) is 0 Å². The molecule has 1 atom stereocenters. The molecule has 0 saturated carbocycles. The average Bonchev–Trinajstić information content (AvgIpc) is 3.24. The van der Waals surface area contributed by atoms with E-state index in [-0.39, 0.29) is 11.5 Å². The van der Waals surface area contributed by atoms with Gasteiger partial charge < -0.3 is 13.9 Å². The number of rotatable bonds is 7. The number of furan rings is 1. The van der Waals surface area contributed by atoms with Gasteiger partial charge in [-0.25, -0.2) is 0 Å². The lowest BCUT2D eigenvalue weighted by Crippen LogP contribution is -2.34. The molecule has 1 aliphatic rings. The van der Waals surface area contributed by atoms with Crippen LogP contribution in [0.3, 0.4) is 0 Å². The average molecular weight is 453 g/mol. The highest BCUT2D eigenvalue weighted by Crippen LogP contribution is 2.40. The lowest BCUT2D eigenvalue weighted by Gasteiger charge is -2.20. The molecular formula is C28H23NO5. The zero-order valence-corrected chi connectivity index (χ0v) is 18.9. The summed E-state index contributed by atoms with van der Waals surface area (Å²) in [5.41, 5.74) is 3.68. The molecule has 6 nitrogen and oxygen atoms in total. The molecule has 2 heterocycles. The second-order valence-electron chi connectivity index (χ2n) is 8.28. The zero-order chi connectivity index (χ0) is 23.7. The Morgan fingerprint density at radius 1 is 1.06 bits per heavy atom. The maximum atomic E-state index is 13.5. The smallest absolute Gasteiger partial charge is 0.228 e. The van der Waals surface area contributed by atoms with E-state index in [0.29, 0.717) is 22.5 Å². The number of fused-ring (bicyclic) bond motifs is 2. The Morgan fingerprint density at radius 3 is 2.53 bits per heavy atom. The van der Waals surface area contributed by atoms with Crippen LogP contribution in [-0.2, 0) is 11.2 Å². The molecule has 0 saturated heterocycles. The summed E-state index contributed by atoms with van der Waals surface area (Å²) < 4.78 is 17.5. The maximum Gasteiger partial charge on any atom is 0.228 e. The predicted molar refractivity (Wildman–Crippen MR) is 129 cm³/mol. The van der Waals surface area contributed by atoms with Gasteiger partial charge in [0, 0.05) is 22.6 Å². The van der Waals surface area contributed by atoms with Crippen LogP contribution in [0.2, 0.25) is 0 Å². The number of carbonyl (C=O) groups excluding carboxylic acids is 2. The summed E-state index contributed by atoms with van der Waals surface area (Å²) in [5.74, 6) is 1.34. The van der Waals surface area contributed by atoms with E-state index in [0.717, 1.165) is 35.0 Å². The van der Waals surface area contributed by atoms with Crippen LogP contribution in [0.5, 0.6) is 11.5 Å². The van der Waals surface area contributed by atoms with E-state index in [9.17, 15) is 9.59 Å². The molecular weight excluding hydrogens is 430 g/mol. The first kappa shape index (κ1) is 21.7. The molecule has 0 radical (unpaired) electrons. The molecule has 0 spiro atoms. The molecule has 1 unspecified atom stereocenters.